The summed E-state index contributed by atoms with van der Waals surface area (Å²) >= 11 is 5.90. The van der Waals surface area contributed by atoms with Crippen molar-refractivity contribution in [2.75, 3.05) is 39.3 Å². The van der Waals surface area contributed by atoms with Gasteiger partial charge in [0.15, 0.2) is 0 Å². The van der Waals surface area contributed by atoms with Crippen LogP contribution >= 0.6 is 11.6 Å². The number of piperidine rings is 1. The van der Waals surface area contributed by atoms with E-state index in [0.717, 1.165) is 38.9 Å². The Morgan fingerprint density at radius 3 is 2.57 bits per heavy atom. The van der Waals surface area contributed by atoms with Gasteiger partial charge in [0.2, 0.25) is 10.0 Å². The molecule has 0 aliphatic carbocycles. The molecule has 2 heterocycles. The molecule has 7 nitrogen and oxygen atoms in total. The molecule has 0 bridgehead atoms. The third-order valence-corrected chi connectivity index (χ3v) is 8.10. The fourth-order valence-corrected chi connectivity index (χ4v) is 6.08. The summed E-state index contributed by atoms with van der Waals surface area (Å²) in [6.07, 6.45) is 3.14. The Labute approximate surface area is 185 Å². The first-order valence-corrected chi connectivity index (χ1v) is 12.6. The van der Waals surface area contributed by atoms with Gasteiger partial charge in [0.1, 0.15) is 6.61 Å². The van der Waals surface area contributed by atoms with Crippen LogP contribution in [0.25, 0.3) is 0 Å². The van der Waals surface area contributed by atoms with Crippen LogP contribution in [0.3, 0.4) is 0 Å². The van der Waals surface area contributed by atoms with Crippen LogP contribution in [0.5, 0.6) is 0 Å². The molecule has 2 aliphatic heterocycles. The van der Waals surface area contributed by atoms with E-state index in [0.29, 0.717) is 24.5 Å². The molecule has 0 N–H and O–H groups in total. The topological polar surface area (TPSA) is 70.2 Å². The summed E-state index contributed by atoms with van der Waals surface area (Å²) in [5.41, 5.74) is 0. The van der Waals surface area contributed by atoms with Gasteiger partial charge in [-0.1, -0.05) is 24.9 Å². The molecule has 3 rings (SSSR count). The molecular weight excluding hydrogens is 426 g/mol. The lowest BCUT2D eigenvalue weighted by atomic mass is 10.1. The van der Waals surface area contributed by atoms with Gasteiger partial charge in [0.05, 0.1) is 10.9 Å². The first-order valence-electron chi connectivity index (χ1n) is 10.8. The van der Waals surface area contributed by atoms with E-state index in [2.05, 4.69) is 11.8 Å². The number of piperazine rings is 1. The van der Waals surface area contributed by atoms with Crippen LogP contribution in [-0.4, -0.2) is 80.0 Å². The van der Waals surface area contributed by atoms with Gasteiger partial charge in [-0.25, -0.2) is 13.2 Å². The Morgan fingerprint density at radius 1 is 1.17 bits per heavy atom. The predicted octanol–water partition coefficient (Wildman–Crippen LogP) is 3.44. The first kappa shape index (κ1) is 23.3. The molecule has 0 radical (unpaired) electrons. The van der Waals surface area contributed by atoms with Gasteiger partial charge in [-0.05, 0) is 57.0 Å². The van der Waals surface area contributed by atoms with E-state index in [1.165, 1.54) is 16.4 Å². The number of hydrogen-bond acceptors (Lipinski definition) is 5. The van der Waals surface area contributed by atoms with Crippen molar-refractivity contribution in [2.24, 2.45) is 0 Å². The number of halogens is 1. The maximum Gasteiger partial charge on any atom is 0.410 e. The van der Waals surface area contributed by atoms with Gasteiger partial charge in [0.25, 0.3) is 0 Å². The SMILES string of the molecule is CCCN1CCN(C(=O)OC[C@@H]2CCCCN2S(=O)(=O)c2ccc(Cl)cc2)[C@@H](C)C1. The van der Waals surface area contributed by atoms with Crippen molar-refractivity contribution in [3.05, 3.63) is 29.3 Å². The smallest absolute Gasteiger partial charge is 0.410 e. The number of rotatable bonds is 6. The quantitative estimate of drug-likeness (QED) is 0.654. The number of nitrogens with zero attached hydrogens (tertiary/aromatic N) is 3. The Kier molecular flexibility index (Phi) is 8.01. The van der Waals surface area contributed by atoms with E-state index in [9.17, 15) is 13.2 Å². The molecule has 2 atom stereocenters. The second kappa shape index (κ2) is 10.3. The van der Waals surface area contributed by atoms with Gasteiger partial charge < -0.3 is 9.64 Å². The summed E-state index contributed by atoms with van der Waals surface area (Å²) < 4.78 is 33.4. The van der Waals surface area contributed by atoms with Crippen LogP contribution in [0.1, 0.15) is 39.5 Å². The fourth-order valence-electron chi connectivity index (χ4n) is 4.27. The molecule has 1 aromatic rings. The molecule has 2 fully saturated rings. The molecule has 0 aromatic heterocycles. The molecular formula is C21H32ClN3O4S. The molecule has 2 saturated heterocycles. The molecule has 0 unspecified atom stereocenters. The van der Waals surface area contributed by atoms with Crippen molar-refractivity contribution in [3.8, 4) is 0 Å². The Bertz CT molecular complexity index is 818. The number of benzene rings is 1. The van der Waals surface area contributed by atoms with Gasteiger partial charge in [-0.2, -0.15) is 4.31 Å². The maximum atomic E-state index is 13.1. The highest BCUT2D eigenvalue weighted by Crippen LogP contribution is 2.26. The molecule has 1 amide bonds. The van der Waals surface area contributed by atoms with Crippen LogP contribution in [0.4, 0.5) is 4.79 Å². The number of hydrogen-bond donors (Lipinski definition) is 0. The average molecular weight is 458 g/mol. The third kappa shape index (κ3) is 5.46. The minimum absolute atomic E-state index is 0.0769. The maximum absolute atomic E-state index is 13.1. The highest BCUT2D eigenvalue weighted by molar-refractivity contribution is 7.89. The monoisotopic (exact) mass is 457 g/mol. The Morgan fingerprint density at radius 2 is 1.90 bits per heavy atom. The lowest BCUT2D eigenvalue weighted by Gasteiger charge is -2.40. The molecule has 168 valence electrons. The predicted molar refractivity (Wildman–Crippen MR) is 117 cm³/mol. The third-order valence-electron chi connectivity index (χ3n) is 5.88. The summed E-state index contributed by atoms with van der Waals surface area (Å²) in [4.78, 5) is 17.0. The fraction of sp³-hybridized carbons (Fsp3) is 0.667. The van der Waals surface area contributed by atoms with Gasteiger partial charge >= 0.3 is 6.09 Å². The van der Waals surface area contributed by atoms with Crippen molar-refractivity contribution in [1.82, 2.24) is 14.1 Å². The van der Waals surface area contributed by atoms with E-state index in [1.807, 2.05) is 6.92 Å². The summed E-state index contributed by atoms with van der Waals surface area (Å²) in [6, 6.07) is 5.93. The number of amides is 1. The van der Waals surface area contributed by atoms with Crippen LogP contribution in [0, 0.1) is 0 Å². The minimum Gasteiger partial charge on any atom is -0.448 e. The molecule has 1 aromatic carbocycles. The first-order chi connectivity index (χ1) is 14.3. The molecule has 0 spiro atoms. The number of carbonyl (C=O) groups is 1. The van der Waals surface area contributed by atoms with Crippen molar-refractivity contribution < 1.29 is 17.9 Å². The van der Waals surface area contributed by atoms with E-state index >= 15 is 0 Å². The zero-order valence-corrected chi connectivity index (χ0v) is 19.4. The Balaban J connectivity index is 1.62. The number of sulfonamides is 1. The van der Waals surface area contributed by atoms with Crippen molar-refractivity contribution in [3.63, 3.8) is 0 Å². The molecule has 30 heavy (non-hydrogen) atoms. The second-order valence-corrected chi connectivity index (χ2v) is 10.5. The summed E-state index contributed by atoms with van der Waals surface area (Å²) in [6.45, 7) is 8.04. The molecule has 2 aliphatic rings. The minimum atomic E-state index is -3.66. The second-order valence-electron chi connectivity index (χ2n) is 8.14. The highest BCUT2D eigenvalue weighted by atomic mass is 35.5. The van der Waals surface area contributed by atoms with Gasteiger partial charge in [-0.3, -0.25) is 4.90 Å². The number of ether oxygens (including phenoxy) is 1. The van der Waals surface area contributed by atoms with E-state index in [1.54, 1.807) is 17.0 Å². The summed E-state index contributed by atoms with van der Waals surface area (Å²) in [7, 11) is -3.66. The van der Waals surface area contributed by atoms with Crippen LogP contribution in [0.15, 0.2) is 29.2 Å². The standard InChI is InChI=1S/C21H32ClN3O4S/c1-3-11-23-13-14-24(17(2)15-23)21(26)29-16-19-6-4-5-12-25(19)30(27,28)20-9-7-18(22)8-10-20/h7-10,17,19H,3-6,11-16H2,1-2H3/t17-,19-/m0/s1. The Hall–Kier alpha value is -1.35. The molecule has 9 heteroatoms. The van der Waals surface area contributed by atoms with Gasteiger partial charge in [-0.15, -0.1) is 0 Å². The lowest BCUT2D eigenvalue weighted by Crippen LogP contribution is -2.54. The zero-order valence-electron chi connectivity index (χ0n) is 17.8. The van der Waals surface area contributed by atoms with E-state index in [4.69, 9.17) is 16.3 Å². The van der Waals surface area contributed by atoms with E-state index in [-0.39, 0.29) is 29.7 Å². The number of carbonyl (C=O) groups excluding carboxylic acids is 1. The largest absolute Gasteiger partial charge is 0.448 e. The van der Waals surface area contributed by atoms with Crippen LogP contribution < -0.4 is 0 Å². The van der Waals surface area contributed by atoms with Gasteiger partial charge in [0, 0.05) is 37.2 Å². The van der Waals surface area contributed by atoms with E-state index < -0.39 is 10.0 Å². The van der Waals surface area contributed by atoms with Crippen LogP contribution in [-0.2, 0) is 14.8 Å². The van der Waals surface area contributed by atoms with Crippen molar-refractivity contribution >= 4 is 27.7 Å². The normalized spacial score (nSPS) is 24.0. The summed E-state index contributed by atoms with van der Waals surface area (Å²) in [5, 5.41) is 0.492. The molecule has 0 saturated carbocycles. The van der Waals surface area contributed by atoms with Crippen molar-refractivity contribution in [1.29, 1.82) is 0 Å². The summed E-state index contributed by atoms with van der Waals surface area (Å²) in [5.74, 6) is 0. The van der Waals surface area contributed by atoms with Crippen molar-refractivity contribution in [2.45, 2.75) is 56.5 Å². The lowest BCUT2D eigenvalue weighted by molar-refractivity contribution is 0.0383. The highest BCUT2D eigenvalue weighted by Gasteiger charge is 2.35. The zero-order chi connectivity index (χ0) is 21.7. The average Bonchev–Trinajstić information content (AvgIpc) is 2.73. The van der Waals surface area contributed by atoms with Crippen LogP contribution in [0.2, 0.25) is 5.02 Å².